The maximum atomic E-state index is 12.4. The third kappa shape index (κ3) is 7.24. The van der Waals surface area contributed by atoms with Crippen LogP contribution in [0.25, 0.3) is 0 Å². The molecule has 1 fully saturated rings. The number of halogens is 2. The number of alkyl halides is 2. The molecule has 1 aliphatic heterocycles. The van der Waals surface area contributed by atoms with E-state index in [9.17, 15) is 18.4 Å². The topological polar surface area (TPSA) is 70.7 Å². The lowest BCUT2D eigenvalue weighted by atomic mass is 9.96. The quantitative estimate of drug-likeness (QED) is 0.671. The third-order valence-electron chi connectivity index (χ3n) is 5.30. The minimum atomic E-state index is -2.84. The Hall–Kier alpha value is -3.16. The summed E-state index contributed by atoms with van der Waals surface area (Å²) in [5.41, 5.74) is 1.97. The molecule has 1 saturated heterocycles. The summed E-state index contributed by atoms with van der Waals surface area (Å²) in [6, 6.07) is 16.0. The summed E-state index contributed by atoms with van der Waals surface area (Å²) >= 11 is 0. The summed E-state index contributed by atoms with van der Waals surface area (Å²) in [4.78, 5) is 26.5. The van der Waals surface area contributed by atoms with Gasteiger partial charge in [-0.15, -0.1) is 0 Å². The number of hydrogen-bond acceptors (Lipinski definition) is 3. The highest BCUT2D eigenvalue weighted by Gasteiger charge is 2.27. The lowest BCUT2D eigenvalue weighted by Crippen LogP contribution is -2.47. The largest absolute Gasteiger partial charge is 0.435 e. The van der Waals surface area contributed by atoms with E-state index in [1.807, 2.05) is 30.3 Å². The molecule has 2 aromatic carbocycles. The second-order valence-electron chi connectivity index (χ2n) is 7.47. The summed E-state index contributed by atoms with van der Waals surface area (Å²) < 4.78 is 28.7. The van der Waals surface area contributed by atoms with Crippen molar-refractivity contribution in [3.8, 4) is 5.75 Å². The molecule has 6 nitrogen and oxygen atoms in total. The van der Waals surface area contributed by atoms with Gasteiger partial charge in [0.25, 0.3) is 0 Å². The van der Waals surface area contributed by atoms with Crippen LogP contribution in [0.15, 0.2) is 54.6 Å². The molecule has 31 heavy (non-hydrogen) atoms. The molecular formula is C23H27F2N3O3. The van der Waals surface area contributed by atoms with Crippen LogP contribution >= 0.6 is 0 Å². The van der Waals surface area contributed by atoms with E-state index in [-0.39, 0.29) is 23.6 Å². The molecule has 0 radical (unpaired) electrons. The first-order valence-electron chi connectivity index (χ1n) is 10.4. The molecule has 0 bridgehead atoms. The van der Waals surface area contributed by atoms with Crippen molar-refractivity contribution < 1.29 is 23.1 Å². The van der Waals surface area contributed by atoms with Crippen molar-refractivity contribution in [1.29, 1.82) is 0 Å². The van der Waals surface area contributed by atoms with Crippen LogP contribution in [0.2, 0.25) is 0 Å². The van der Waals surface area contributed by atoms with Gasteiger partial charge in [0.05, 0.1) is 0 Å². The molecular weight excluding hydrogens is 404 g/mol. The first-order chi connectivity index (χ1) is 15.0. The Morgan fingerprint density at radius 1 is 0.968 bits per heavy atom. The second-order valence-corrected chi connectivity index (χ2v) is 7.47. The van der Waals surface area contributed by atoms with Gasteiger partial charge in [0, 0.05) is 32.1 Å². The Labute approximate surface area is 180 Å². The molecule has 3 amide bonds. The van der Waals surface area contributed by atoms with Crippen LogP contribution in [0.4, 0.5) is 13.6 Å². The maximum absolute atomic E-state index is 12.4. The van der Waals surface area contributed by atoms with E-state index in [1.165, 1.54) is 12.1 Å². The van der Waals surface area contributed by atoms with Gasteiger partial charge < -0.3 is 20.3 Å². The molecule has 3 rings (SSSR count). The molecule has 2 aromatic rings. The Bertz CT molecular complexity index is 839. The van der Waals surface area contributed by atoms with E-state index in [2.05, 4.69) is 15.4 Å². The Kier molecular flexibility index (Phi) is 8.20. The monoisotopic (exact) mass is 431 g/mol. The summed E-state index contributed by atoms with van der Waals surface area (Å²) in [7, 11) is 0. The Morgan fingerprint density at radius 2 is 1.65 bits per heavy atom. The number of rotatable bonds is 8. The smallest absolute Gasteiger partial charge is 0.387 e. The average Bonchev–Trinajstić information content (AvgIpc) is 2.79. The van der Waals surface area contributed by atoms with Gasteiger partial charge in [0.1, 0.15) is 5.75 Å². The van der Waals surface area contributed by atoms with Gasteiger partial charge in [-0.3, -0.25) is 4.79 Å². The fourth-order valence-electron chi connectivity index (χ4n) is 3.54. The summed E-state index contributed by atoms with van der Waals surface area (Å²) in [6.07, 6.45) is 1.86. The van der Waals surface area contributed by atoms with Gasteiger partial charge in [-0.25, -0.2) is 4.79 Å². The molecule has 1 heterocycles. The number of nitrogens with one attached hydrogen (secondary N) is 2. The normalized spacial score (nSPS) is 14.4. The van der Waals surface area contributed by atoms with Gasteiger partial charge >= 0.3 is 12.6 Å². The number of carbonyl (C=O) groups excluding carboxylic acids is 2. The molecule has 0 saturated carbocycles. The number of amides is 3. The van der Waals surface area contributed by atoms with Crippen LogP contribution < -0.4 is 15.4 Å². The molecule has 2 N–H and O–H groups in total. The van der Waals surface area contributed by atoms with Gasteiger partial charge in [-0.05, 0) is 42.5 Å². The minimum Gasteiger partial charge on any atom is -0.435 e. The predicted molar refractivity (Wildman–Crippen MR) is 113 cm³/mol. The third-order valence-corrected chi connectivity index (χ3v) is 5.30. The minimum absolute atomic E-state index is 0.0307. The van der Waals surface area contributed by atoms with E-state index in [0.717, 1.165) is 11.1 Å². The zero-order valence-electron chi connectivity index (χ0n) is 17.2. The number of urea groups is 1. The van der Waals surface area contributed by atoms with Crippen LogP contribution in [0, 0.1) is 5.92 Å². The van der Waals surface area contributed by atoms with Crippen molar-refractivity contribution in [3.05, 3.63) is 65.7 Å². The number of piperidine rings is 1. The number of likely N-dealkylation sites (tertiary alicyclic amines) is 1. The SMILES string of the molecule is O=C(NCc1ccccc1)C1CCN(C(=O)NCCc2ccc(OC(F)F)cc2)CC1. The van der Waals surface area contributed by atoms with Crippen LogP contribution in [-0.2, 0) is 17.8 Å². The van der Waals surface area contributed by atoms with Crippen LogP contribution in [0.3, 0.4) is 0 Å². The van der Waals surface area contributed by atoms with E-state index in [0.29, 0.717) is 45.4 Å². The zero-order chi connectivity index (χ0) is 22.1. The zero-order valence-corrected chi connectivity index (χ0v) is 17.2. The highest BCUT2D eigenvalue weighted by Crippen LogP contribution is 2.18. The first kappa shape index (κ1) is 22.5. The lowest BCUT2D eigenvalue weighted by molar-refractivity contribution is -0.126. The first-order valence-corrected chi connectivity index (χ1v) is 10.4. The summed E-state index contributed by atoms with van der Waals surface area (Å²) in [6.45, 7) is -0.825. The van der Waals surface area contributed by atoms with E-state index in [1.54, 1.807) is 17.0 Å². The Morgan fingerprint density at radius 3 is 2.29 bits per heavy atom. The molecule has 0 unspecified atom stereocenters. The number of nitrogens with zero attached hydrogens (tertiary/aromatic N) is 1. The van der Waals surface area contributed by atoms with Gasteiger partial charge in [0.15, 0.2) is 0 Å². The summed E-state index contributed by atoms with van der Waals surface area (Å²) in [5.74, 6) is 0.0587. The van der Waals surface area contributed by atoms with E-state index in [4.69, 9.17) is 0 Å². The maximum Gasteiger partial charge on any atom is 0.387 e. The van der Waals surface area contributed by atoms with Gasteiger partial charge in [-0.1, -0.05) is 42.5 Å². The highest BCUT2D eigenvalue weighted by molar-refractivity contribution is 5.79. The van der Waals surface area contributed by atoms with Crippen molar-refractivity contribution in [2.75, 3.05) is 19.6 Å². The summed E-state index contributed by atoms with van der Waals surface area (Å²) in [5, 5.41) is 5.84. The van der Waals surface area contributed by atoms with Gasteiger partial charge in [-0.2, -0.15) is 8.78 Å². The number of hydrogen-bond donors (Lipinski definition) is 2. The number of benzene rings is 2. The molecule has 8 heteroatoms. The molecule has 0 atom stereocenters. The predicted octanol–water partition coefficient (Wildman–Crippen LogP) is 3.57. The standard InChI is InChI=1S/C23H27F2N3O3/c24-22(25)31-20-8-6-17(7-9-20)10-13-26-23(30)28-14-11-19(12-15-28)21(29)27-16-18-4-2-1-3-5-18/h1-9,19,22H,10-16H2,(H,26,30)(H,27,29). The van der Waals surface area contributed by atoms with Crippen LogP contribution in [0.1, 0.15) is 24.0 Å². The lowest BCUT2D eigenvalue weighted by Gasteiger charge is -2.31. The molecule has 0 aliphatic carbocycles. The fourth-order valence-corrected chi connectivity index (χ4v) is 3.54. The van der Waals surface area contributed by atoms with Crippen molar-refractivity contribution >= 4 is 11.9 Å². The van der Waals surface area contributed by atoms with Crippen LogP contribution in [-0.4, -0.2) is 43.1 Å². The highest BCUT2D eigenvalue weighted by atomic mass is 19.3. The van der Waals surface area contributed by atoms with Crippen molar-refractivity contribution in [3.63, 3.8) is 0 Å². The second kappa shape index (κ2) is 11.3. The van der Waals surface area contributed by atoms with Crippen molar-refractivity contribution in [1.82, 2.24) is 15.5 Å². The average molecular weight is 431 g/mol. The van der Waals surface area contributed by atoms with E-state index < -0.39 is 6.61 Å². The van der Waals surface area contributed by atoms with Crippen molar-refractivity contribution in [2.45, 2.75) is 32.4 Å². The fraction of sp³-hybridized carbons (Fsp3) is 0.391. The number of carbonyl (C=O) groups is 2. The van der Waals surface area contributed by atoms with Crippen LogP contribution in [0.5, 0.6) is 5.75 Å². The molecule has 166 valence electrons. The molecule has 1 aliphatic rings. The number of ether oxygens (including phenoxy) is 1. The molecule has 0 aromatic heterocycles. The van der Waals surface area contributed by atoms with Gasteiger partial charge in [0.2, 0.25) is 5.91 Å². The Balaban J connectivity index is 1.33. The molecule has 0 spiro atoms. The van der Waals surface area contributed by atoms with E-state index >= 15 is 0 Å². The van der Waals surface area contributed by atoms with Crippen molar-refractivity contribution in [2.24, 2.45) is 5.92 Å².